The van der Waals surface area contributed by atoms with Gasteiger partial charge >= 0.3 is 5.97 Å². The number of amides is 1. The van der Waals surface area contributed by atoms with Gasteiger partial charge in [0.1, 0.15) is 24.5 Å². The highest BCUT2D eigenvalue weighted by molar-refractivity contribution is 5.95. The largest absolute Gasteiger partial charge is 0.493 e. The van der Waals surface area contributed by atoms with E-state index < -0.39 is 24.0 Å². The van der Waals surface area contributed by atoms with Crippen LogP contribution in [-0.2, 0) is 16.2 Å². The van der Waals surface area contributed by atoms with Gasteiger partial charge in [-0.2, -0.15) is 0 Å². The van der Waals surface area contributed by atoms with Crippen LogP contribution in [-0.4, -0.2) is 36.0 Å². The van der Waals surface area contributed by atoms with Crippen molar-refractivity contribution in [1.82, 2.24) is 5.32 Å². The minimum atomic E-state index is -1.15. The van der Waals surface area contributed by atoms with Crippen molar-refractivity contribution in [1.29, 1.82) is 5.41 Å². The Labute approximate surface area is 203 Å². The monoisotopic (exact) mass is 476 g/mol. The zero-order chi connectivity index (χ0) is 25.4. The summed E-state index contributed by atoms with van der Waals surface area (Å²) in [6.45, 7) is 1.73. The lowest BCUT2D eigenvalue weighted by molar-refractivity contribution is -0.141. The molecule has 6 N–H and O–H groups in total. The average molecular weight is 477 g/mol. The number of aliphatic carboxylic acids is 1. The van der Waals surface area contributed by atoms with Crippen LogP contribution in [0.5, 0.6) is 11.5 Å². The number of hydrogen-bond acceptors (Lipinski definition) is 6. The van der Waals surface area contributed by atoms with Gasteiger partial charge in [0.25, 0.3) is 0 Å². The quantitative estimate of drug-likeness (QED) is 0.211. The molecule has 3 aromatic rings. The first kappa shape index (κ1) is 25.1. The first-order chi connectivity index (χ1) is 16.8. The molecule has 0 spiro atoms. The molecule has 0 fully saturated rings. The predicted molar refractivity (Wildman–Crippen MR) is 133 cm³/mol. The molecule has 0 unspecified atom stereocenters. The molecule has 9 nitrogen and oxygen atoms in total. The summed E-state index contributed by atoms with van der Waals surface area (Å²) in [4.78, 5) is 24.4. The fourth-order valence-corrected chi connectivity index (χ4v) is 3.29. The number of rotatable bonds is 11. The lowest BCUT2D eigenvalue weighted by Gasteiger charge is -2.22. The van der Waals surface area contributed by atoms with Crippen molar-refractivity contribution >= 4 is 23.4 Å². The summed E-state index contributed by atoms with van der Waals surface area (Å²) in [5.74, 6) is -0.821. The van der Waals surface area contributed by atoms with Crippen LogP contribution in [0.3, 0.4) is 0 Å². The molecule has 0 aliphatic heterocycles. The highest BCUT2D eigenvalue weighted by atomic mass is 16.5. The van der Waals surface area contributed by atoms with Crippen molar-refractivity contribution in [2.75, 3.05) is 12.4 Å². The molecule has 0 heterocycles. The second-order valence-electron chi connectivity index (χ2n) is 7.82. The molecule has 1 amide bonds. The first-order valence-corrected chi connectivity index (χ1v) is 10.9. The van der Waals surface area contributed by atoms with Crippen molar-refractivity contribution in [3.05, 3.63) is 89.5 Å². The maximum Gasteiger partial charge on any atom is 0.325 e. The summed E-state index contributed by atoms with van der Waals surface area (Å²) in [6.07, 6.45) is 0. The first-order valence-electron chi connectivity index (χ1n) is 10.9. The van der Waals surface area contributed by atoms with E-state index in [2.05, 4.69) is 10.6 Å². The Kier molecular flexibility index (Phi) is 8.29. The SMILES string of the molecule is COc1cc([C@@H](Nc2ccc(C(=N)N)cc2)C(=O)N[C@@H](C)C(=O)O)ccc1OCc1ccccc1. The maximum absolute atomic E-state index is 13.1. The van der Waals surface area contributed by atoms with Crippen LogP contribution in [0, 0.1) is 5.41 Å². The topological polar surface area (TPSA) is 147 Å². The minimum absolute atomic E-state index is 0.0723. The Morgan fingerprint density at radius 2 is 1.71 bits per heavy atom. The average Bonchev–Trinajstić information content (AvgIpc) is 2.86. The van der Waals surface area contributed by atoms with Crippen molar-refractivity contribution in [2.24, 2.45) is 5.73 Å². The Hall–Kier alpha value is -4.53. The highest BCUT2D eigenvalue weighted by Crippen LogP contribution is 2.32. The van der Waals surface area contributed by atoms with E-state index in [9.17, 15) is 14.7 Å². The van der Waals surface area contributed by atoms with E-state index >= 15 is 0 Å². The third-order valence-corrected chi connectivity index (χ3v) is 5.26. The Morgan fingerprint density at radius 3 is 2.31 bits per heavy atom. The Bertz CT molecular complexity index is 1180. The van der Waals surface area contributed by atoms with E-state index in [0.717, 1.165) is 5.56 Å². The number of carbonyl (C=O) groups is 2. The number of nitrogens with one attached hydrogen (secondary N) is 3. The van der Waals surface area contributed by atoms with Gasteiger partial charge in [0.2, 0.25) is 5.91 Å². The van der Waals surface area contributed by atoms with Gasteiger partial charge < -0.3 is 30.9 Å². The molecule has 9 heteroatoms. The van der Waals surface area contributed by atoms with Crippen LogP contribution in [0.2, 0.25) is 0 Å². The third-order valence-electron chi connectivity index (χ3n) is 5.26. The van der Waals surface area contributed by atoms with Crippen molar-refractivity contribution in [2.45, 2.75) is 25.6 Å². The number of ether oxygens (including phenoxy) is 2. The Balaban J connectivity index is 1.88. The highest BCUT2D eigenvalue weighted by Gasteiger charge is 2.25. The number of nitrogen functional groups attached to an aromatic ring is 1. The maximum atomic E-state index is 13.1. The summed E-state index contributed by atoms with van der Waals surface area (Å²) in [5, 5.41) is 22.4. The van der Waals surface area contributed by atoms with Crippen LogP contribution >= 0.6 is 0 Å². The van der Waals surface area contributed by atoms with E-state index in [1.165, 1.54) is 14.0 Å². The smallest absolute Gasteiger partial charge is 0.325 e. The number of anilines is 1. The number of carbonyl (C=O) groups excluding carboxylic acids is 1. The molecule has 0 saturated heterocycles. The van der Waals surface area contributed by atoms with E-state index in [1.54, 1.807) is 42.5 Å². The summed E-state index contributed by atoms with van der Waals surface area (Å²) >= 11 is 0. The molecule has 0 saturated carbocycles. The molecule has 0 radical (unpaired) electrons. The second-order valence-corrected chi connectivity index (χ2v) is 7.82. The summed E-state index contributed by atoms with van der Waals surface area (Å²) in [7, 11) is 1.50. The van der Waals surface area contributed by atoms with E-state index in [-0.39, 0.29) is 5.84 Å². The zero-order valence-corrected chi connectivity index (χ0v) is 19.4. The van der Waals surface area contributed by atoms with Crippen LogP contribution in [0.15, 0.2) is 72.8 Å². The number of amidine groups is 1. The number of carboxylic acid groups (broad SMARTS) is 1. The molecule has 182 valence electrons. The van der Waals surface area contributed by atoms with Gasteiger partial charge in [-0.25, -0.2) is 0 Å². The molecule has 3 aromatic carbocycles. The van der Waals surface area contributed by atoms with Gasteiger partial charge in [0.05, 0.1) is 7.11 Å². The standard InChI is InChI=1S/C26H28N4O5/c1-16(26(32)33)29-25(31)23(30-20-11-8-18(9-12-20)24(27)28)19-10-13-21(22(14-19)34-2)35-15-17-6-4-3-5-7-17/h3-14,16,23,30H,15H2,1-2H3,(H3,27,28)(H,29,31)(H,32,33)/t16-,23+/m0/s1. The number of nitrogens with two attached hydrogens (primary N) is 1. The molecule has 2 atom stereocenters. The minimum Gasteiger partial charge on any atom is -0.493 e. The lowest BCUT2D eigenvalue weighted by Crippen LogP contribution is -2.42. The Morgan fingerprint density at radius 1 is 1.03 bits per heavy atom. The van der Waals surface area contributed by atoms with E-state index in [4.69, 9.17) is 20.6 Å². The van der Waals surface area contributed by atoms with Crippen LogP contribution < -0.4 is 25.8 Å². The van der Waals surface area contributed by atoms with Gasteiger partial charge in [-0.05, 0) is 54.4 Å². The second kappa shape index (κ2) is 11.6. The van der Waals surface area contributed by atoms with Gasteiger partial charge in [0, 0.05) is 11.3 Å². The molecule has 0 bridgehead atoms. The van der Waals surface area contributed by atoms with Gasteiger partial charge in [-0.3, -0.25) is 15.0 Å². The third kappa shape index (κ3) is 6.73. The summed E-state index contributed by atoms with van der Waals surface area (Å²) < 4.78 is 11.4. The van der Waals surface area contributed by atoms with Crippen molar-refractivity contribution < 1.29 is 24.2 Å². The summed E-state index contributed by atoms with van der Waals surface area (Å²) in [5.41, 5.74) is 8.17. The van der Waals surface area contributed by atoms with Gasteiger partial charge in [-0.1, -0.05) is 36.4 Å². The molecule has 0 aliphatic carbocycles. The number of hydrogen-bond donors (Lipinski definition) is 5. The zero-order valence-electron chi connectivity index (χ0n) is 19.4. The molecular weight excluding hydrogens is 448 g/mol. The summed E-state index contributed by atoms with van der Waals surface area (Å²) in [6, 6.07) is 19.4. The van der Waals surface area contributed by atoms with Crippen LogP contribution in [0.1, 0.15) is 29.7 Å². The number of methoxy groups -OCH3 is 1. The van der Waals surface area contributed by atoms with Gasteiger partial charge in [0.15, 0.2) is 11.5 Å². The lowest BCUT2D eigenvalue weighted by atomic mass is 10.0. The fraction of sp³-hybridized carbons (Fsp3) is 0.192. The fourth-order valence-electron chi connectivity index (χ4n) is 3.29. The predicted octanol–water partition coefficient (Wildman–Crippen LogP) is 3.30. The van der Waals surface area contributed by atoms with E-state index in [1.807, 2.05) is 30.3 Å². The normalized spacial score (nSPS) is 12.2. The molecule has 3 rings (SSSR count). The van der Waals surface area contributed by atoms with Crippen molar-refractivity contribution in [3.8, 4) is 11.5 Å². The molecular formula is C26H28N4O5. The van der Waals surface area contributed by atoms with Crippen molar-refractivity contribution in [3.63, 3.8) is 0 Å². The van der Waals surface area contributed by atoms with Gasteiger partial charge in [-0.15, -0.1) is 0 Å². The van der Waals surface area contributed by atoms with Crippen LogP contribution in [0.25, 0.3) is 0 Å². The molecule has 35 heavy (non-hydrogen) atoms. The molecule has 0 aromatic heterocycles. The van der Waals surface area contributed by atoms with Crippen LogP contribution in [0.4, 0.5) is 5.69 Å². The molecule has 0 aliphatic rings. The number of benzene rings is 3. The van der Waals surface area contributed by atoms with E-state index in [0.29, 0.717) is 34.9 Å². The number of carboxylic acids is 1.